The molecule has 1 aromatic rings. The summed E-state index contributed by atoms with van der Waals surface area (Å²) >= 11 is 3.39. The lowest BCUT2D eigenvalue weighted by Gasteiger charge is -2.34. The molecule has 0 atom stereocenters. The van der Waals surface area contributed by atoms with E-state index in [0.29, 0.717) is 11.8 Å². The molecule has 0 aliphatic heterocycles. The summed E-state index contributed by atoms with van der Waals surface area (Å²) in [7, 11) is 1.87. The summed E-state index contributed by atoms with van der Waals surface area (Å²) in [6, 6.07) is 7.69. The fourth-order valence-electron chi connectivity index (χ4n) is 3.95. The Hall–Kier alpha value is -1.07. The van der Waals surface area contributed by atoms with Crippen LogP contribution in [0, 0.1) is 5.92 Å². The van der Waals surface area contributed by atoms with Crippen LogP contribution in [0.1, 0.15) is 58.8 Å². The smallest absolute Gasteiger partial charge is 0.410 e. The molecule has 0 saturated heterocycles. The monoisotopic (exact) mass is 438 g/mol. The number of carbonyl (C=O) groups excluding carboxylic acids is 1. The van der Waals surface area contributed by atoms with E-state index in [4.69, 9.17) is 4.74 Å². The van der Waals surface area contributed by atoms with Gasteiger partial charge in [0.1, 0.15) is 5.75 Å². The number of halogens is 1. The third kappa shape index (κ3) is 7.46. The highest BCUT2D eigenvalue weighted by Crippen LogP contribution is 2.31. The van der Waals surface area contributed by atoms with E-state index in [2.05, 4.69) is 34.7 Å². The first kappa shape index (κ1) is 22.2. The van der Waals surface area contributed by atoms with Crippen molar-refractivity contribution in [2.24, 2.45) is 5.92 Å². The molecule has 1 aliphatic rings. The fourth-order valence-corrected chi connectivity index (χ4v) is 4.22. The molecule has 0 unspecified atom stereocenters. The van der Waals surface area contributed by atoms with E-state index in [-0.39, 0.29) is 6.09 Å². The van der Waals surface area contributed by atoms with Gasteiger partial charge in [0.25, 0.3) is 0 Å². The lowest BCUT2D eigenvalue weighted by molar-refractivity contribution is 0.123. The van der Waals surface area contributed by atoms with Crippen molar-refractivity contribution in [1.82, 2.24) is 9.80 Å². The molecular weight excluding hydrogens is 404 g/mol. The maximum absolute atomic E-state index is 12.4. The van der Waals surface area contributed by atoms with Crippen molar-refractivity contribution in [3.8, 4) is 5.75 Å². The van der Waals surface area contributed by atoms with E-state index in [1.54, 1.807) is 4.90 Å². The maximum atomic E-state index is 12.4. The van der Waals surface area contributed by atoms with Crippen molar-refractivity contribution < 1.29 is 9.53 Å². The Morgan fingerprint density at radius 1 is 1.07 bits per heavy atom. The molecule has 1 fully saturated rings. The SMILES string of the molecule is CCN(CC)CCCC[C@H]1CC[C@H](N(C)C(=O)Oc2ccc(Br)cc2)CC1. The van der Waals surface area contributed by atoms with Gasteiger partial charge < -0.3 is 14.5 Å². The molecule has 1 amide bonds. The van der Waals surface area contributed by atoms with E-state index in [9.17, 15) is 4.79 Å². The van der Waals surface area contributed by atoms with Gasteiger partial charge in [-0.25, -0.2) is 4.79 Å². The highest BCUT2D eigenvalue weighted by atomic mass is 79.9. The number of unbranched alkanes of at least 4 members (excludes halogenated alkanes) is 1. The molecular formula is C22H35BrN2O2. The number of nitrogens with zero attached hydrogens (tertiary/aromatic N) is 2. The van der Waals surface area contributed by atoms with Crippen LogP contribution in [0.25, 0.3) is 0 Å². The second-order valence-corrected chi connectivity index (χ2v) is 8.55. The molecule has 1 aromatic carbocycles. The lowest BCUT2D eigenvalue weighted by Crippen LogP contribution is -2.41. The van der Waals surface area contributed by atoms with Gasteiger partial charge in [-0.1, -0.05) is 42.6 Å². The van der Waals surface area contributed by atoms with Crippen molar-refractivity contribution in [1.29, 1.82) is 0 Å². The highest BCUT2D eigenvalue weighted by Gasteiger charge is 2.27. The van der Waals surface area contributed by atoms with Gasteiger partial charge in [-0.2, -0.15) is 0 Å². The maximum Gasteiger partial charge on any atom is 0.415 e. The first-order chi connectivity index (χ1) is 13.0. The van der Waals surface area contributed by atoms with E-state index < -0.39 is 0 Å². The molecule has 0 bridgehead atoms. The van der Waals surface area contributed by atoms with Crippen LogP contribution in [0.5, 0.6) is 5.75 Å². The van der Waals surface area contributed by atoms with Gasteiger partial charge in [-0.3, -0.25) is 0 Å². The van der Waals surface area contributed by atoms with E-state index in [1.165, 1.54) is 38.6 Å². The Morgan fingerprint density at radius 2 is 1.70 bits per heavy atom. The van der Waals surface area contributed by atoms with E-state index in [0.717, 1.165) is 36.3 Å². The molecule has 1 aliphatic carbocycles. The minimum absolute atomic E-state index is 0.250. The van der Waals surface area contributed by atoms with Gasteiger partial charge in [0, 0.05) is 17.6 Å². The number of carbonyl (C=O) groups is 1. The Balaban J connectivity index is 1.66. The van der Waals surface area contributed by atoms with E-state index >= 15 is 0 Å². The van der Waals surface area contributed by atoms with Crippen molar-refractivity contribution in [2.45, 2.75) is 64.8 Å². The van der Waals surface area contributed by atoms with Crippen molar-refractivity contribution in [3.05, 3.63) is 28.7 Å². The minimum Gasteiger partial charge on any atom is -0.410 e. The van der Waals surface area contributed by atoms with Gasteiger partial charge in [0.2, 0.25) is 0 Å². The molecule has 1 saturated carbocycles. The zero-order valence-electron chi connectivity index (χ0n) is 17.1. The predicted octanol–water partition coefficient (Wildman–Crippen LogP) is 5.95. The molecule has 0 radical (unpaired) electrons. The first-order valence-corrected chi connectivity index (χ1v) is 11.2. The number of hydrogen-bond donors (Lipinski definition) is 0. The molecule has 4 nitrogen and oxygen atoms in total. The molecule has 0 spiro atoms. The molecule has 5 heteroatoms. The highest BCUT2D eigenvalue weighted by molar-refractivity contribution is 9.10. The summed E-state index contributed by atoms with van der Waals surface area (Å²) in [4.78, 5) is 16.7. The Morgan fingerprint density at radius 3 is 2.30 bits per heavy atom. The molecule has 27 heavy (non-hydrogen) atoms. The molecule has 2 rings (SSSR count). The number of hydrogen-bond acceptors (Lipinski definition) is 3. The van der Waals surface area contributed by atoms with Gasteiger partial charge in [-0.05, 0) is 81.9 Å². The number of amides is 1. The van der Waals surface area contributed by atoms with Crippen LogP contribution < -0.4 is 4.74 Å². The standard InChI is InChI=1S/C22H35BrN2O2/c1-4-25(5-2)17-7-6-8-18-9-13-20(14-10-18)24(3)22(26)27-21-15-11-19(23)12-16-21/h11-12,15-16,18,20H,4-10,13-14,17H2,1-3H3/t18-,20-. The number of rotatable bonds is 9. The average Bonchev–Trinajstić information content (AvgIpc) is 2.69. The van der Waals surface area contributed by atoms with Gasteiger partial charge in [0.05, 0.1) is 0 Å². The molecule has 0 N–H and O–H groups in total. The fraction of sp³-hybridized carbons (Fsp3) is 0.682. The summed E-state index contributed by atoms with van der Waals surface area (Å²) in [5.41, 5.74) is 0. The summed E-state index contributed by atoms with van der Waals surface area (Å²) in [6.07, 6.45) is 8.35. The molecule has 0 heterocycles. The summed E-state index contributed by atoms with van der Waals surface area (Å²) in [6.45, 7) is 8.02. The minimum atomic E-state index is -0.250. The molecule has 152 valence electrons. The Kier molecular flexibility index (Phi) is 9.63. The van der Waals surface area contributed by atoms with Crippen molar-refractivity contribution >= 4 is 22.0 Å². The third-order valence-corrected chi connectivity index (χ3v) is 6.43. The second-order valence-electron chi connectivity index (χ2n) is 7.63. The van der Waals surface area contributed by atoms with Crippen molar-refractivity contribution in [3.63, 3.8) is 0 Å². The van der Waals surface area contributed by atoms with Crippen LogP contribution in [0.3, 0.4) is 0 Å². The third-order valence-electron chi connectivity index (χ3n) is 5.90. The number of benzene rings is 1. The van der Waals surface area contributed by atoms with Gasteiger partial charge >= 0.3 is 6.09 Å². The topological polar surface area (TPSA) is 32.8 Å². The van der Waals surface area contributed by atoms with Gasteiger partial charge in [-0.15, -0.1) is 0 Å². The summed E-state index contributed by atoms with van der Waals surface area (Å²) in [5.74, 6) is 1.42. The zero-order chi connectivity index (χ0) is 19.6. The van der Waals surface area contributed by atoms with E-state index in [1.807, 2.05) is 31.3 Å². The van der Waals surface area contributed by atoms with Crippen LogP contribution in [0.2, 0.25) is 0 Å². The van der Waals surface area contributed by atoms with Crippen LogP contribution >= 0.6 is 15.9 Å². The van der Waals surface area contributed by atoms with Crippen LogP contribution in [-0.4, -0.2) is 48.6 Å². The lowest BCUT2D eigenvalue weighted by atomic mass is 9.82. The largest absolute Gasteiger partial charge is 0.415 e. The quantitative estimate of drug-likeness (QED) is 0.446. The van der Waals surface area contributed by atoms with Crippen LogP contribution in [0.4, 0.5) is 4.79 Å². The van der Waals surface area contributed by atoms with Crippen LogP contribution in [-0.2, 0) is 0 Å². The summed E-state index contributed by atoms with van der Waals surface area (Å²) < 4.78 is 6.47. The summed E-state index contributed by atoms with van der Waals surface area (Å²) in [5, 5.41) is 0. The predicted molar refractivity (Wildman–Crippen MR) is 115 cm³/mol. The zero-order valence-corrected chi connectivity index (χ0v) is 18.7. The van der Waals surface area contributed by atoms with Gasteiger partial charge in [0.15, 0.2) is 0 Å². The molecule has 0 aromatic heterocycles. The average molecular weight is 439 g/mol. The Labute approximate surface area is 173 Å². The normalized spacial score (nSPS) is 19.9. The van der Waals surface area contributed by atoms with Crippen LogP contribution in [0.15, 0.2) is 28.7 Å². The second kappa shape index (κ2) is 11.7. The Bertz CT molecular complexity index is 552. The van der Waals surface area contributed by atoms with Crippen molar-refractivity contribution in [2.75, 3.05) is 26.7 Å². The number of ether oxygens (including phenoxy) is 1. The first-order valence-electron chi connectivity index (χ1n) is 10.5.